The first-order chi connectivity index (χ1) is 8.92. The minimum absolute atomic E-state index is 0.0220. The van der Waals surface area contributed by atoms with Gasteiger partial charge in [0.2, 0.25) is 0 Å². The van der Waals surface area contributed by atoms with Gasteiger partial charge >= 0.3 is 0 Å². The molecule has 0 bridgehead atoms. The quantitative estimate of drug-likeness (QED) is 0.853. The first-order valence-corrected chi connectivity index (χ1v) is 7.15. The van der Waals surface area contributed by atoms with Crippen molar-refractivity contribution in [2.45, 2.75) is 54.1 Å². The molecule has 1 N–H and O–H groups in total. The molecule has 0 fully saturated rings. The Labute approximate surface area is 117 Å². The maximum absolute atomic E-state index is 5.87. The molecular weight excluding hydrogens is 238 g/mol. The van der Waals surface area contributed by atoms with E-state index in [0.29, 0.717) is 6.61 Å². The van der Waals surface area contributed by atoms with Crippen LogP contribution in [-0.4, -0.2) is 23.1 Å². The molecule has 0 saturated carbocycles. The predicted octanol–water partition coefficient (Wildman–Crippen LogP) is 3.59. The van der Waals surface area contributed by atoms with Gasteiger partial charge in [-0.05, 0) is 25.7 Å². The Kier molecular flexibility index (Phi) is 5.73. The number of nitrogens with zero attached hydrogens (tertiary/aromatic N) is 2. The highest BCUT2D eigenvalue weighted by Crippen LogP contribution is 2.34. The number of nitrogens with one attached hydrogen (secondary N) is 1. The molecule has 19 heavy (non-hydrogen) atoms. The molecule has 0 aliphatic rings. The summed E-state index contributed by atoms with van der Waals surface area (Å²) in [6.07, 6.45) is 0.818. The monoisotopic (exact) mass is 265 g/mol. The average Bonchev–Trinajstić information content (AvgIpc) is 2.34. The summed E-state index contributed by atoms with van der Waals surface area (Å²) < 4.78 is 5.87. The van der Waals surface area contributed by atoms with Crippen LogP contribution in [0.15, 0.2) is 6.07 Å². The SMILES string of the molecule is CCNc1cc(CC)nc(C(OCC)C(C)(C)C)n1. The molecule has 1 atom stereocenters. The molecule has 108 valence electrons. The second-order valence-corrected chi connectivity index (χ2v) is 5.69. The second-order valence-electron chi connectivity index (χ2n) is 5.69. The first-order valence-electron chi connectivity index (χ1n) is 7.15. The van der Waals surface area contributed by atoms with Gasteiger partial charge in [-0.25, -0.2) is 9.97 Å². The Bertz CT molecular complexity index is 399. The van der Waals surface area contributed by atoms with Gasteiger partial charge in [0, 0.05) is 24.9 Å². The summed E-state index contributed by atoms with van der Waals surface area (Å²) in [7, 11) is 0. The smallest absolute Gasteiger partial charge is 0.160 e. The third kappa shape index (κ3) is 4.46. The minimum atomic E-state index is -0.0820. The molecule has 0 radical (unpaired) electrons. The molecule has 4 nitrogen and oxygen atoms in total. The highest BCUT2D eigenvalue weighted by atomic mass is 16.5. The van der Waals surface area contributed by atoms with E-state index in [9.17, 15) is 0 Å². The standard InChI is InChI=1S/C15H27N3O/c1-7-11-10-12(16-8-2)18-14(17-11)13(19-9-3)15(4,5)6/h10,13H,7-9H2,1-6H3,(H,16,17,18). The van der Waals surface area contributed by atoms with Crippen molar-refractivity contribution in [1.29, 1.82) is 0 Å². The summed E-state index contributed by atoms with van der Waals surface area (Å²) in [5.74, 6) is 1.67. The zero-order valence-electron chi connectivity index (χ0n) is 13.1. The first kappa shape index (κ1) is 15.9. The summed E-state index contributed by atoms with van der Waals surface area (Å²) >= 11 is 0. The van der Waals surface area contributed by atoms with Gasteiger partial charge in [-0.15, -0.1) is 0 Å². The van der Waals surface area contributed by atoms with E-state index in [-0.39, 0.29) is 11.5 Å². The molecule has 0 aliphatic heterocycles. The van der Waals surface area contributed by atoms with Crippen molar-refractivity contribution in [2.24, 2.45) is 5.41 Å². The summed E-state index contributed by atoms with van der Waals surface area (Å²) in [5.41, 5.74) is 1.03. The van der Waals surface area contributed by atoms with Gasteiger partial charge < -0.3 is 10.1 Å². The van der Waals surface area contributed by atoms with Gasteiger partial charge in [0.15, 0.2) is 5.82 Å². The number of rotatable bonds is 6. The van der Waals surface area contributed by atoms with Crippen molar-refractivity contribution in [3.63, 3.8) is 0 Å². The number of aryl methyl sites for hydroxylation is 1. The molecule has 0 spiro atoms. The van der Waals surface area contributed by atoms with Crippen LogP contribution in [-0.2, 0) is 11.2 Å². The summed E-state index contributed by atoms with van der Waals surface area (Å²) in [6, 6.07) is 2.01. The van der Waals surface area contributed by atoms with Crippen LogP contribution in [0.5, 0.6) is 0 Å². The highest BCUT2D eigenvalue weighted by Gasteiger charge is 2.29. The third-order valence-electron chi connectivity index (χ3n) is 2.87. The predicted molar refractivity (Wildman–Crippen MR) is 79.4 cm³/mol. The maximum atomic E-state index is 5.87. The van der Waals surface area contributed by atoms with Crippen LogP contribution in [0.2, 0.25) is 0 Å². The Hall–Kier alpha value is -1.16. The van der Waals surface area contributed by atoms with Gasteiger partial charge in [0.05, 0.1) is 0 Å². The average molecular weight is 265 g/mol. The van der Waals surface area contributed by atoms with E-state index in [1.165, 1.54) is 0 Å². The van der Waals surface area contributed by atoms with Crippen molar-refractivity contribution in [1.82, 2.24) is 9.97 Å². The summed E-state index contributed by atoms with van der Waals surface area (Å²) in [5, 5.41) is 3.26. The lowest BCUT2D eigenvalue weighted by Gasteiger charge is -2.29. The normalized spacial score (nSPS) is 13.4. The van der Waals surface area contributed by atoms with Gasteiger partial charge in [-0.3, -0.25) is 0 Å². The lowest BCUT2D eigenvalue weighted by molar-refractivity contribution is -0.0191. The Morgan fingerprint density at radius 1 is 1.21 bits per heavy atom. The fourth-order valence-electron chi connectivity index (χ4n) is 1.97. The molecule has 0 saturated heterocycles. The van der Waals surface area contributed by atoms with Gasteiger partial charge in [0.1, 0.15) is 11.9 Å². The molecule has 0 amide bonds. The summed E-state index contributed by atoms with van der Waals surface area (Å²) in [4.78, 5) is 9.25. The fraction of sp³-hybridized carbons (Fsp3) is 0.733. The number of aromatic nitrogens is 2. The molecular formula is C15H27N3O. The number of anilines is 1. The van der Waals surface area contributed by atoms with E-state index >= 15 is 0 Å². The second kappa shape index (κ2) is 6.85. The Balaban J connectivity index is 3.17. The maximum Gasteiger partial charge on any atom is 0.160 e. The third-order valence-corrected chi connectivity index (χ3v) is 2.87. The van der Waals surface area contributed by atoms with Crippen LogP contribution in [0.1, 0.15) is 59.2 Å². The highest BCUT2D eigenvalue weighted by molar-refractivity contribution is 5.36. The number of hydrogen-bond donors (Lipinski definition) is 1. The molecule has 1 aromatic rings. The zero-order chi connectivity index (χ0) is 14.5. The van der Waals surface area contributed by atoms with E-state index in [4.69, 9.17) is 4.74 Å². The number of hydrogen-bond acceptors (Lipinski definition) is 4. The van der Waals surface area contributed by atoms with Crippen molar-refractivity contribution in [3.05, 3.63) is 17.6 Å². The lowest BCUT2D eigenvalue weighted by atomic mass is 9.88. The van der Waals surface area contributed by atoms with Gasteiger partial charge in [-0.2, -0.15) is 0 Å². The minimum Gasteiger partial charge on any atom is -0.370 e. The van der Waals surface area contributed by atoms with Crippen LogP contribution >= 0.6 is 0 Å². The van der Waals surface area contributed by atoms with E-state index in [2.05, 4.69) is 49.9 Å². The van der Waals surface area contributed by atoms with Gasteiger partial charge in [-0.1, -0.05) is 27.7 Å². The largest absolute Gasteiger partial charge is 0.370 e. The van der Waals surface area contributed by atoms with E-state index < -0.39 is 0 Å². The molecule has 1 unspecified atom stereocenters. The Morgan fingerprint density at radius 2 is 1.89 bits per heavy atom. The van der Waals surface area contributed by atoms with Crippen LogP contribution in [0.3, 0.4) is 0 Å². The molecule has 1 aromatic heterocycles. The van der Waals surface area contributed by atoms with Crippen molar-refractivity contribution < 1.29 is 4.74 Å². The van der Waals surface area contributed by atoms with Crippen LogP contribution < -0.4 is 5.32 Å². The zero-order valence-corrected chi connectivity index (χ0v) is 13.1. The van der Waals surface area contributed by atoms with Crippen LogP contribution in [0, 0.1) is 5.41 Å². The van der Waals surface area contributed by atoms with E-state index in [1.54, 1.807) is 0 Å². The van der Waals surface area contributed by atoms with Crippen LogP contribution in [0.4, 0.5) is 5.82 Å². The number of ether oxygens (including phenoxy) is 1. The van der Waals surface area contributed by atoms with Gasteiger partial charge in [0.25, 0.3) is 0 Å². The van der Waals surface area contributed by atoms with Crippen LogP contribution in [0.25, 0.3) is 0 Å². The van der Waals surface area contributed by atoms with E-state index in [0.717, 1.165) is 30.3 Å². The lowest BCUT2D eigenvalue weighted by Crippen LogP contribution is -2.24. The molecule has 0 aliphatic carbocycles. The van der Waals surface area contributed by atoms with Crippen molar-refractivity contribution in [2.75, 3.05) is 18.5 Å². The van der Waals surface area contributed by atoms with E-state index in [1.807, 2.05) is 13.0 Å². The molecule has 1 heterocycles. The molecule has 0 aromatic carbocycles. The summed E-state index contributed by atoms with van der Waals surface area (Å²) in [6.45, 7) is 14.2. The van der Waals surface area contributed by atoms with Crippen molar-refractivity contribution in [3.8, 4) is 0 Å². The molecule has 1 rings (SSSR count). The fourth-order valence-corrected chi connectivity index (χ4v) is 1.97. The Morgan fingerprint density at radius 3 is 2.37 bits per heavy atom. The topological polar surface area (TPSA) is 47.0 Å². The van der Waals surface area contributed by atoms with Crippen molar-refractivity contribution >= 4 is 5.82 Å². The molecule has 4 heteroatoms.